The number of ether oxygens (including phenoxy) is 1. The van der Waals surface area contributed by atoms with Crippen LogP contribution in [0, 0.1) is 5.92 Å². The molecule has 0 radical (unpaired) electrons. The van der Waals surface area contributed by atoms with Gasteiger partial charge in [0.1, 0.15) is 0 Å². The van der Waals surface area contributed by atoms with Crippen LogP contribution in [0.3, 0.4) is 0 Å². The summed E-state index contributed by atoms with van der Waals surface area (Å²) in [5.41, 5.74) is 2.50. The number of piperidine rings is 1. The van der Waals surface area contributed by atoms with E-state index in [-0.39, 0.29) is 18.4 Å². The van der Waals surface area contributed by atoms with Crippen LogP contribution < -0.4 is 4.90 Å². The van der Waals surface area contributed by atoms with E-state index in [9.17, 15) is 14.4 Å². The molecule has 0 aliphatic carbocycles. The number of likely N-dealkylation sites (tertiary alicyclic amines) is 1. The Morgan fingerprint density at radius 1 is 0.935 bits per heavy atom. The molecule has 2 amide bonds. The maximum Gasteiger partial charge on any atom is 0.338 e. The van der Waals surface area contributed by atoms with Gasteiger partial charge >= 0.3 is 5.97 Å². The zero-order chi connectivity index (χ0) is 21.6. The van der Waals surface area contributed by atoms with E-state index in [4.69, 9.17) is 4.74 Å². The van der Waals surface area contributed by atoms with E-state index >= 15 is 0 Å². The third kappa shape index (κ3) is 5.32. The number of anilines is 1. The Morgan fingerprint density at radius 3 is 2.29 bits per heavy atom. The molecule has 2 aliphatic heterocycles. The highest BCUT2D eigenvalue weighted by Crippen LogP contribution is 2.23. The lowest BCUT2D eigenvalue weighted by Gasteiger charge is -2.32. The highest BCUT2D eigenvalue weighted by Gasteiger charge is 2.24. The lowest BCUT2D eigenvalue weighted by Crippen LogP contribution is -2.41. The monoisotopic (exact) mass is 420 g/mol. The third-order valence-corrected chi connectivity index (χ3v) is 6.15. The molecule has 0 N–H and O–H groups in total. The zero-order valence-corrected chi connectivity index (χ0v) is 17.7. The Morgan fingerprint density at radius 2 is 1.65 bits per heavy atom. The summed E-state index contributed by atoms with van der Waals surface area (Å²) in [6.45, 7) is 1.87. The second-order valence-corrected chi connectivity index (χ2v) is 8.29. The summed E-state index contributed by atoms with van der Waals surface area (Å²) in [5.74, 6) is 0.0147. The highest BCUT2D eigenvalue weighted by molar-refractivity contribution is 5.96. The average Bonchev–Trinajstić information content (AvgIpc) is 3.24. The fourth-order valence-corrected chi connectivity index (χ4v) is 4.33. The Bertz CT molecular complexity index is 918. The van der Waals surface area contributed by atoms with E-state index in [0.717, 1.165) is 31.4 Å². The van der Waals surface area contributed by atoms with Gasteiger partial charge in [-0.3, -0.25) is 9.59 Å². The molecule has 0 bridgehead atoms. The van der Waals surface area contributed by atoms with Crippen LogP contribution in [0.25, 0.3) is 0 Å². The minimum absolute atomic E-state index is 0.105. The molecule has 2 fully saturated rings. The van der Waals surface area contributed by atoms with Crippen molar-refractivity contribution in [1.29, 1.82) is 0 Å². The number of carbonyl (C=O) groups is 3. The van der Waals surface area contributed by atoms with Crippen LogP contribution in [0.15, 0.2) is 54.6 Å². The van der Waals surface area contributed by atoms with E-state index in [1.54, 1.807) is 34.1 Å². The van der Waals surface area contributed by atoms with Gasteiger partial charge in [0.2, 0.25) is 5.91 Å². The standard InChI is InChI=1S/C25H28N2O4/c28-23-7-4-14-27(23)22-10-8-21(9-11-22)25(30)31-18-24(29)26-15-12-20(13-16-26)17-19-5-2-1-3-6-19/h1-3,5-6,8-11,20H,4,7,12-18H2. The van der Waals surface area contributed by atoms with E-state index in [0.29, 0.717) is 37.5 Å². The van der Waals surface area contributed by atoms with E-state index in [1.807, 2.05) is 6.07 Å². The number of carbonyl (C=O) groups excluding carboxylic acids is 3. The van der Waals surface area contributed by atoms with E-state index in [2.05, 4.69) is 24.3 Å². The van der Waals surface area contributed by atoms with Crippen molar-refractivity contribution in [1.82, 2.24) is 4.90 Å². The van der Waals surface area contributed by atoms with Crippen molar-refractivity contribution in [3.05, 3.63) is 65.7 Å². The van der Waals surface area contributed by atoms with Crippen molar-refractivity contribution in [2.24, 2.45) is 5.92 Å². The first-order valence-corrected chi connectivity index (χ1v) is 11.0. The molecular weight excluding hydrogens is 392 g/mol. The lowest BCUT2D eigenvalue weighted by atomic mass is 9.90. The predicted molar refractivity (Wildman–Crippen MR) is 118 cm³/mol. The SMILES string of the molecule is O=C(OCC(=O)N1CCC(Cc2ccccc2)CC1)c1ccc(N2CCCC2=O)cc1. The van der Waals surface area contributed by atoms with Crippen LogP contribution in [0.5, 0.6) is 0 Å². The summed E-state index contributed by atoms with van der Waals surface area (Å²) in [7, 11) is 0. The van der Waals surface area contributed by atoms with Gasteiger partial charge in [0.05, 0.1) is 5.56 Å². The topological polar surface area (TPSA) is 66.9 Å². The molecule has 0 aromatic heterocycles. The maximum absolute atomic E-state index is 12.5. The molecule has 2 heterocycles. The Hall–Kier alpha value is -3.15. The van der Waals surface area contributed by atoms with Crippen molar-refractivity contribution < 1.29 is 19.1 Å². The summed E-state index contributed by atoms with van der Waals surface area (Å²) < 4.78 is 5.24. The minimum atomic E-state index is -0.522. The molecule has 0 saturated carbocycles. The van der Waals surface area contributed by atoms with Crippen LogP contribution in [0.1, 0.15) is 41.6 Å². The van der Waals surface area contributed by atoms with Gasteiger partial charge in [-0.25, -0.2) is 4.79 Å². The molecule has 6 heteroatoms. The quantitative estimate of drug-likeness (QED) is 0.672. The smallest absolute Gasteiger partial charge is 0.338 e. The molecule has 0 spiro atoms. The van der Waals surface area contributed by atoms with Crippen molar-refractivity contribution in [2.45, 2.75) is 32.1 Å². The maximum atomic E-state index is 12.5. The number of nitrogens with zero attached hydrogens (tertiary/aromatic N) is 2. The molecule has 2 aromatic rings. The Kier molecular flexibility index (Phi) is 6.65. The largest absolute Gasteiger partial charge is 0.452 e. The number of hydrogen-bond acceptors (Lipinski definition) is 4. The second-order valence-electron chi connectivity index (χ2n) is 8.29. The van der Waals surface area contributed by atoms with E-state index < -0.39 is 5.97 Å². The van der Waals surface area contributed by atoms with Crippen LogP contribution in [0.4, 0.5) is 5.69 Å². The van der Waals surface area contributed by atoms with Crippen molar-refractivity contribution in [3.8, 4) is 0 Å². The predicted octanol–water partition coefficient (Wildman–Crippen LogP) is 3.45. The lowest BCUT2D eigenvalue weighted by molar-refractivity contribution is -0.135. The highest BCUT2D eigenvalue weighted by atomic mass is 16.5. The minimum Gasteiger partial charge on any atom is -0.452 e. The molecule has 0 unspecified atom stereocenters. The molecule has 2 aliphatic rings. The summed E-state index contributed by atoms with van der Waals surface area (Å²) in [6.07, 6.45) is 4.39. The first kappa shape index (κ1) is 21.1. The van der Waals surface area contributed by atoms with E-state index in [1.165, 1.54) is 5.56 Å². The number of hydrogen-bond donors (Lipinski definition) is 0. The molecule has 0 atom stereocenters. The normalized spacial score (nSPS) is 17.1. The third-order valence-electron chi connectivity index (χ3n) is 6.15. The second kappa shape index (κ2) is 9.77. The molecule has 4 rings (SSSR count). The molecule has 162 valence electrons. The van der Waals surface area contributed by atoms with Gasteiger partial charge in [0.15, 0.2) is 6.61 Å². The van der Waals surface area contributed by atoms with Gasteiger partial charge in [-0.15, -0.1) is 0 Å². The molecule has 2 saturated heterocycles. The van der Waals surface area contributed by atoms with Gasteiger partial charge in [-0.2, -0.15) is 0 Å². The van der Waals surface area contributed by atoms with Crippen LogP contribution in [0.2, 0.25) is 0 Å². The van der Waals surface area contributed by atoms with Crippen molar-refractivity contribution >= 4 is 23.5 Å². The first-order valence-electron chi connectivity index (χ1n) is 11.0. The number of rotatable bonds is 6. The Balaban J connectivity index is 1.21. The van der Waals surface area contributed by atoms with Crippen molar-refractivity contribution in [2.75, 3.05) is 31.1 Å². The first-order chi connectivity index (χ1) is 15.1. The average molecular weight is 421 g/mol. The van der Waals surface area contributed by atoms with Gasteiger partial charge in [0, 0.05) is 31.7 Å². The summed E-state index contributed by atoms with van der Waals surface area (Å²) in [6, 6.07) is 17.2. The summed E-state index contributed by atoms with van der Waals surface area (Å²) >= 11 is 0. The number of esters is 1. The zero-order valence-electron chi connectivity index (χ0n) is 17.7. The molecule has 31 heavy (non-hydrogen) atoms. The fraction of sp³-hybridized carbons (Fsp3) is 0.400. The molecule has 6 nitrogen and oxygen atoms in total. The van der Waals surface area contributed by atoms with Gasteiger partial charge < -0.3 is 14.5 Å². The number of benzene rings is 2. The number of amides is 2. The van der Waals surface area contributed by atoms with Crippen molar-refractivity contribution in [3.63, 3.8) is 0 Å². The van der Waals surface area contributed by atoms with Crippen LogP contribution >= 0.6 is 0 Å². The fourth-order valence-electron chi connectivity index (χ4n) is 4.33. The van der Waals surface area contributed by atoms with Gasteiger partial charge in [-0.1, -0.05) is 30.3 Å². The molecular formula is C25H28N2O4. The van der Waals surface area contributed by atoms with Gasteiger partial charge in [-0.05, 0) is 61.4 Å². The van der Waals surface area contributed by atoms with Crippen LogP contribution in [-0.2, 0) is 20.7 Å². The molecule has 2 aromatic carbocycles. The Labute approximate surface area is 182 Å². The van der Waals surface area contributed by atoms with Crippen LogP contribution in [-0.4, -0.2) is 48.9 Å². The summed E-state index contributed by atoms with van der Waals surface area (Å²) in [5, 5.41) is 0. The summed E-state index contributed by atoms with van der Waals surface area (Å²) in [4.78, 5) is 40.1. The van der Waals surface area contributed by atoms with Gasteiger partial charge in [0.25, 0.3) is 5.91 Å².